The molecule has 29 heavy (non-hydrogen) atoms. The van der Waals surface area contributed by atoms with Crippen molar-refractivity contribution in [2.45, 2.75) is 38.3 Å². The third kappa shape index (κ3) is 4.13. The van der Waals surface area contributed by atoms with Crippen molar-refractivity contribution in [2.24, 2.45) is 0 Å². The molecule has 0 spiro atoms. The van der Waals surface area contributed by atoms with E-state index in [1.807, 2.05) is 25.1 Å². The lowest BCUT2D eigenvalue weighted by molar-refractivity contribution is 0.147. The Morgan fingerprint density at radius 3 is 2.83 bits per heavy atom. The van der Waals surface area contributed by atoms with E-state index in [2.05, 4.69) is 58.2 Å². The number of aromatic nitrogens is 1. The van der Waals surface area contributed by atoms with Gasteiger partial charge in [-0.2, -0.15) is 0 Å². The SMILES string of the molecule is C=CCN1CCCCC1[C@@H](Nc1cc(C)nc2c(O)cccc12)c1ccccc1. The summed E-state index contributed by atoms with van der Waals surface area (Å²) in [6, 6.07) is 18.9. The van der Waals surface area contributed by atoms with E-state index < -0.39 is 0 Å². The second kappa shape index (κ2) is 8.66. The van der Waals surface area contributed by atoms with Crippen molar-refractivity contribution in [1.82, 2.24) is 9.88 Å². The highest BCUT2D eigenvalue weighted by atomic mass is 16.3. The van der Waals surface area contributed by atoms with Crippen molar-refractivity contribution in [2.75, 3.05) is 18.4 Å². The maximum Gasteiger partial charge on any atom is 0.141 e. The van der Waals surface area contributed by atoms with Crippen LogP contribution >= 0.6 is 0 Å². The van der Waals surface area contributed by atoms with Crippen LogP contribution in [0.4, 0.5) is 5.69 Å². The fraction of sp³-hybridized carbons (Fsp3) is 0.320. The lowest BCUT2D eigenvalue weighted by atomic mass is 9.90. The molecule has 1 fully saturated rings. The van der Waals surface area contributed by atoms with Gasteiger partial charge >= 0.3 is 0 Å². The lowest BCUT2D eigenvalue weighted by Crippen LogP contribution is -2.45. The summed E-state index contributed by atoms with van der Waals surface area (Å²) in [5, 5.41) is 15.1. The molecule has 3 aromatic rings. The van der Waals surface area contributed by atoms with E-state index in [1.165, 1.54) is 18.4 Å². The van der Waals surface area contributed by atoms with Crippen LogP contribution in [-0.4, -0.2) is 34.1 Å². The lowest BCUT2D eigenvalue weighted by Gasteiger charge is -2.41. The molecule has 1 unspecified atom stereocenters. The number of nitrogens with zero attached hydrogens (tertiary/aromatic N) is 2. The molecule has 2 heterocycles. The number of hydrogen-bond donors (Lipinski definition) is 2. The van der Waals surface area contributed by atoms with Gasteiger partial charge in [0.15, 0.2) is 0 Å². The molecule has 2 atom stereocenters. The van der Waals surface area contributed by atoms with Gasteiger partial charge in [0, 0.05) is 29.4 Å². The monoisotopic (exact) mass is 387 g/mol. The number of nitrogens with one attached hydrogen (secondary N) is 1. The number of fused-ring (bicyclic) bond motifs is 1. The van der Waals surface area contributed by atoms with Gasteiger partial charge in [0.2, 0.25) is 0 Å². The molecule has 4 nitrogen and oxygen atoms in total. The molecule has 0 amide bonds. The van der Waals surface area contributed by atoms with Crippen molar-refractivity contribution in [1.29, 1.82) is 0 Å². The number of aryl methyl sites for hydroxylation is 1. The first-order chi connectivity index (χ1) is 14.2. The summed E-state index contributed by atoms with van der Waals surface area (Å²) in [5.41, 5.74) is 3.82. The average Bonchev–Trinajstić information content (AvgIpc) is 2.74. The predicted octanol–water partition coefficient (Wildman–Crippen LogP) is 5.44. The van der Waals surface area contributed by atoms with Crippen LogP contribution in [0.5, 0.6) is 5.75 Å². The van der Waals surface area contributed by atoms with Crippen molar-refractivity contribution >= 4 is 16.6 Å². The third-order valence-electron chi connectivity index (χ3n) is 5.83. The van der Waals surface area contributed by atoms with E-state index in [9.17, 15) is 5.11 Å². The van der Waals surface area contributed by atoms with Gasteiger partial charge in [-0.05, 0) is 44.0 Å². The van der Waals surface area contributed by atoms with Crippen molar-refractivity contribution in [3.63, 3.8) is 0 Å². The summed E-state index contributed by atoms with van der Waals surface area (Å²) in [6.07, 6.45) is 5.62. The molecular formula is C25H29N3O. The molecule has 2 aromatic carbocycles. The highest BCUT2D eigenvalue weighted by Crippen LogP contribution is 2.35. The number of aromatic hydroxyl groups is 1. The zero-order valence-corrected chi connectivity index (χ0v) is 17.0. The second-order valence-electron chi connectivity index (χ2n) is 7.86. The Hall–Kier alpha value is -2.85. The minimum absolute atomic E-state index is 0.142. The standard InChI is InChI=1S/C25H29N3O/c1-3-15-28-16-8-7-13-22(28)24(19-10-5-4-6-11-19)27-21-17-18(2)26-25-20(21)12-9-14-23(25)29/h3-6,9-12,14,17,22,24,29H,1,7-8,13,15-16H2,2H3,(H,26,27)/t22?,24-/m0/s1. The number of pyridine rings is 1. The Morgan fingerprint density at radius 2 is 2.03 bits per heavy atom. The van der Waals surface area contributed by atoms with E-state index in [4.69, 9.17) is 0 Å². The van der Waals surface area contributed by atoms with Crippen LogP contribution in [0.1, 0.15) is 36.6 Å². The number of benzene rings is 2. The molecule has 1 aliphatic heterocycles. The minimum atomic E-state index is 0.142. The maximum atomic E-state index is 10.3. The normalized spacial score (nSPS) is 18.4. The van der Waals surface area contributed by atoms with Crippen LogP contribution in [0.2, 0.25) is 0 Å². The van der Waals surface area contributed by atoms with Gasteiger partial charge in [0.05, 0.1) is 6.04 Å². The van der Waals surface area contributed by atoms with Gasteiger partial charge in [-0.3, -0.25) is 4.90 Å². The Bertz CT molecular complexity index is 986. The highest BCUT2D eigenvalue weighted by Gasteiger charge is 2.30. The predicted molar refractivity (Wildman–Crippen MR) is 120 cm³/mol. The van der Waals surface area contributed by atoms with E-state index in [1.54, 1.807) is 6.07 Å². The molecule has 1 saturated heterocycles. The van der Waals surface area contributed by atoms with Gasteiger partial charge in [-0.25, -0.2) is 4.98 Å². The summed E-state index contributed by atoms with van der Waals surface area (Å²) < 4.78 is 0. The molecule has 150 valence electrons. The van der Waals surface area contributed by atoms with E-state index >= 15 is 0 Å². The highest BCUT2D eigenvalue weighted by molar-refractivity contribution is 5.95. The fourth-order valence-electron chi connectivity index (χ4n) is 4.50. The minimum Gasteiger partial charge on any atom is -0.506 e. The number of para-hydroxylation sites is 1. The van der Waals surface area contributed by atoms with E-state index in [-0.39, 0.29) is 11.8 Å². The average molecular weight is 388 g/mol. The molecule has 1 aromatic heterocycles. The molecule has 4 rings (SSSR count). The Kier molecular flexibility index (Phi) is 5.81. The van der Waals surface area contributed by atoms with Crippen LogP contribution < -0.4 is 5.32 Å². The smallest absolute Gasteiger partial charge is 0.141 e. The molecule has 0 saturated carbocycles. The van der Waals surface area contributed by atoms with Crippen molar-refractivity contribution in [3.05, 3.63) is 78.5 Å². The second-order valence-corrected chi connectivity index (χ2v) is 7.86. The summed E-state index contributed by atoms with van der Waals surface area (Å²) in [5.74, 6) is 0.219. The number of hydrogen-bond acceptors (Lipinski definition) is 4. The van der Waals surface area contributed by atoms with Gasteiger partial charge in [0.1, 0.15) is 11.3 Å². The molecule has 0 bridgehead atoms. The molecular weight excluding hydrogens is 358 g/mol. The van der Waals surface area contributed by atoms with Crippen molar-refractivity contribution in [3.8, 4) is 5.75 Å². The van der Waals surface area contributed by atoms with Gasteiger partial charge in [0.25, 0.3) is 0 Å². The number of anilines is 1. The molecule has 0 aliphatic carbocycles. The topological polar surface area (TPSA) is 48.4 Å². The van der Waals surface area contributed by atoms with Gasteiger partial charge in [-0.1, -0.05) is 55.0 Å². The zero-order chi connectivity index (χ0) is 20.2. The van der Waals surface area contributed by atoms with Gasteiger partial charge < -0.3 is 10.4 Å². The van der Waals surface area contributed by atoms with Crippen LogP contribution in [0.3, 0.4) is 0 Å². The van der Waals surface area contributed by atoms with Gasteiger partial charge in [-0.15, -0.1) is 6.58 Å². The van der Waals surface area contributed by atoms with Crippen LogP contribution in [0.25, 0.3) is 10.9 Å². The first kappa shape index (κ1) is 19.5. The Morgan fingerprint density at radius 1 is 1.21 bits per heavy atom. The molecule has 2 N–H and O–H groups in total. The van der Waals surface area contributed by atoms with Crippen LogP contribution in [-0.2, 0) is 0 Å². The number of phenolic OH excluding ortho intramolecular Hbond substituents is 1. The van der Waals surface area contributed by atoms with Crippen LogP contribution in [0.15, 0.2) is 67.3 Å². The number of likely N-dealkylation sites (tertiary alicyclic amines) is 1. The zero-order valence-electron chi connectivity index (χ0n) is 17.0. The maximum absolute atomic E-state index is 10.3. The summed E-state index contributed by atoms with van der Waals surface area (Å²) in [7, 11) is 0. The third-order valence-corrected chi connectivity index (χ3v) is 5.83. The van der Waals surface area contributed by atoms with Crippen LogP contribution in [0, 0.1) is 6.92 Å². The summed E-state index contributed by atoms with van der Waals surface area (Å²) in [4.78, 5) is 7.10. The molecule has 4 heteroatoms. The fourth-order valence-corrected chi connectivity index (χ4v) is 4.50. The first-order valence-electron chi connectivity index (χ1n) is 10.4. The summed E-state index contributed by atoms with van der Waals surface area (Å²) >= 11 is 0. The first-order valence-corrected chi connectivity index (χ1v) is 10.4. The molecule has 0 radical (unpaired) electrons. The molecule has 1 aliphatic rings. The number of phenols is 1. The number of rotatable bonds is 6. The van der Waals surface area contributed by atoms with Crippen molar-refractivity contribution < 1.29 is 5.11 Å². The summed E-state index contributed by atoms with van der Waals surface area (Å²) in [6.45, 7) is 7.93. The Balaban J connectivity index is 1.78. The Labute approximate surface area is 172 Å². The quantitative estimate of drug-likeness (QED) is 0.553. The van der Waals surface area contributed by atoms with E-state index in [0.29, 0.717) is 11.6 Å². The number of piperidine rings is 1. The van der Waals surface area contributed by atoms with E-state index in [0.717, 1.165) is 36.3 Å². The largest absolute Gasteiger partial charge is 0.506 e.